The molecule has 2 aromatic rings. The molecule has 1 aromatic carbocycles. The number of amides is 1. The lowest BCUT2D eigenvalue weighted by atomic mass is 10.0. The zero-order valence-corrected chi connectivity index (χ0v) is 28.6. The predicted octanol–water partition coefficient (Wildman–Crippen LogP) is 7.95. The molecule has 252 valence electrons. The van der Waals surface area contributed by atoms with Crippen LogP contribution in [-0.2, 0) is 21.3 Å². The summed E-state index contributed by atoms with van der Waals surface area (Å²) in [5.41, 5.74) is 1.06. The molecule has 2 N–H and O–H groups in total. The number of nitrogens with one attached hydrogen (secondary N) is 2. The van der Waals surface area contributed by atoms with Crippen LogP contribution in [0.4, 0.5) is 4.79 Å². The number of pyridine rings is 1. The maximum atomic E-state index is 12.6. The van der Waals surface area contributed by atoms with E-state index < -0.39 is 22.0 Å². The number of carbonyl (C=O) groups excluding carboxylic acids is 1. The number of para-hydroxylation sites is 1. The second-order valence-corrected chi connectivity index (χ2v) is 14.3. The minimum atomic E-state index is -3.53. The number of ether oxygens (including phenoxy) is 1. The van der Waals surface area contributed by atoms with Gasteiger partial charge in [-0.2, -0.15) is 9.83 Å². The number of unbranched alkanes of at least 4 members (excludes halogenated alkanes) is 15. The first kappa shape index (κ1) is 38.5. The number of aryl methyl sites for hydroxylation is 1. The van der Waals surface area contributed by atoms with Crippen molar-refractivity contribution in [2.75, 3.05) is 25.4 Å². The number of carbonyl (C=O) groups is 1. The first-order chi connectivity index (χ1) is 21.9. The summed E-state index contributed by atoms with van der Waals surface area (Å²) in [6, 6.07) is 14.1. The quantitative estimate of drug-likeness (QED) is 0.0758. The Balaban J connectivity index is 1.47. The van der Waals surface area contributed by atoms with Crippen molar-refractivity contribution in [2.24, 2.45) is 5.92 Å². The molecule has 2 rings (SSSR count). The Morgan fingerprint density at radius 2 is 1.42 bits per heavy atom. The zero-order valence-electron chi connectivity index (χ0n) is 27.8. The number of hydrogen-bond donors (Lipinski definition) is 2. The van der Waals surface area contributed by atoms with Crippen LogP contribution in [-0.4, -0.2) is 40.0 Å². The fourth-order valence-corrected chi connectivity index (χ4v) is 6.73. The Morgan fingerprint density at radius 3 is 2.04 bits per heavy atom. The highest BCUT2D eigenvalue weighted by atomic mass is 32.2. The van der Waals surface area contributed by atoms with Gasteiger partial charge in [0.15, 0.2) is 6.20 Å². The third-order valence-electron chi connectivity index (χ3n) is 8.32. The number of rotatable bonds is 27. The van der Waals surface area contributed by atoms with Crippen molar-refractivity contribution < 1.29 is 22.5 Å². The van der Waals surface area contributed by atoms with Crippen LogP contribution in [0.3, 0.4) is 0 Å². The predicted molar refractivity (Wildman–Crippen MR) is 183 cm³/mol. The van der Waals surface area contributed by atoms with Crippen molar-refractivity contribution in [3.05, 3.63) is 42.6 Å². The molecule has 0 aliphatic rings. The number of nitriles is 1. The van der Waals surface area contributed by atoms with E-state index in [0.29, 0.717) is 19.5 Å². The van der Waals surface area contributed by atoms with Crippen molar-refractivity contribution in [1.29, 1.82) is 5.26 Å². The van der Waals surface area contributed by atoms with Crippen LogP contribution in [0.15, 0.2) is 42.6 Å². The average molecular weight is 644 g/mol. The molecular weight excluding hydrogens is 584 g/mol. The molecule has 0 saturated heterocycles. The summed E-state index contributed by atoms with van der Waals surface area (Å²) in [4.78, 5) is 12.1. The molecule has 1 unspecified atom stereocenters. The van der Waals surface area contributed by atoms with Gasteiger partial charge in [0, 0.05) is 49.4 Å². The summed E-state index contributed by atoms with van der Waals surface area (Å²) in [5.74, 6) is -0.429. The fraction of sp³-hybridized carbons (Fsp3) is 0.694. The Morgan fingerprint density at radius 1 is 0.844 bits per heavy atom. The number of aromatic nitrogens is 1. The largest absolute Gasteiger partial charge is 0.449 e. The Bertz CT molecular complexity index is 1210. The molecule has 0 fully saturated rings. The van der Waals surface area contributed by atoms with Crippen LogP contribution in [0, 0.1) is 17.2 Å². The number of nitrogens with zero attached hydrogens (tertiary/aromatic N) is 2. The van der Waals surface area contributed by atoms with Gasteiger partial charge in [-0.3, -0.25) is 0 Å². The van der Waals surface area contributed by atoms with Crippen LogP contribution in [0.1, 0.15) is 122 Å². The minimum absolute atomic E-state index is 0.00721. The molecule has 1 aromatic heterocycles. The van der Waals surface area contributed by atoms with E-state index in [1.807, 2.05) is 42.6 Å². The van der Waals surface area contributed by atoms with Crippen molar-refractivity contribution in [3.8, 4) is 6.07 Å². The maximum Gasteiger partial charge on any atom is 0.407 e. The maximum absolute atomic E-state index is 12.6. The SMILES string of the molecule is CCCCCCCCCCCCCCCCCCNC(=O)OCC(CC#N)CNS(=O)(=O)CCC[n+]1cccc2ccccc21. The van der Waals surface area contributed by atoms with Gasteiger partial charge in [-0.05, 0) is 18.6 Å². The Hall–Kier alpha value is -2.70. The van der Waals surface area contributed by atoms with E-state index in [9.17, 15) is 13.2 Å². The van der Waals surface area contributed by atoms with Crippen molar-refractivity contribution in [2.45, 2.75) is 129 Å². The summed E-state index contributed by atoms with van der Waals surface area (Å²) in [6.45, 7) is 3.45. The van der Waals surface area contributed by atoms with Gasteiger partial charge in [-0.1, -0.05) is 115 Å². The lowest BCUT2D eigenvalue weighted by molar-refractivity contribution is -0.671. The number of alkyl carbamates (subject to hydrolysis) is 1. The first-order valence-electron chi connectivity index (χ1n) is 17.6. The van der Waals surface area contributed by atoms with Gasteiger partial charge in [0.2, 0.25) is 15.5 Å². The van der Waals surface area contributed by atoms with E-state index in [0.717, 1.165) is 23.7 Å². The average Bonchev–Trinajstić information content (AvgIpc) is 3.04. The molecule has 1 heterocycles. The number of hydrogen-bond acceptors (Lipinski definition) is 5. The van der Waals surface area contributed by atoms with E-state index in [-0.39, 0.29) is 25.3 Å². The van der Waals surface area contributed by atoms with Gasteiger partial charge in [0.25, 0.3) is 0 Å². The number of benzene rings is 1. The molecule has 0 saturated carbocycles. The monoisotopic (exact) mass is 643 g/mol. The lowest BCUT2D eigenvalue weighted by Gasteiger charge is -2.15. The molecule has 0 bridgehead atoms. The normalized spacial score (nSPS) is 12.2. The van der Waals surface area contributed by atoms with Gasteiger partial charge >= 0.3 is 6.09 Å². The fourth-order valence-electron chi connectivity index (χ4n) is 5.59. The molecule has 9 heteroatoms. The van der Waals surface area contributed by atoms with Gasteiger partial charge < -0.3 is 10.1 Å². The van der Waals surface area contributed by atoms with Gasteiger partial charge in [0.05, 0.1) is 18.4 Å². The second-order valence-electron chi connectivity index (χ2n) is 12.3. The first-order valence-corrected chi connectivity index (χ1v) is 19.2. The van der Waals surface area contributed by atoms with E-state index in [2.05, 4.69) is 27.6 Å². The molecule has 45 heavy (non-hydrogen) atoms. The molecule has 1 amide bonds. The molecular formula is C36H59N4O4S+. The smallest absolute Gasteiger partial charge is 0.407 e. The number of sulfonamides is 1. The van der Waals surface area contributed by atoms with Crippen LogP contribution < -0.4 is 14.6 Å². The highest BCUT2D eigenvalue weighted by Gasteiger charge is 2.18. The van der Waals surface area contributed by atoms with E-state index in [1.165, 1.54) is 89.9 Å². The highest BCUT2D eigenvalue weighted by Crippen LogP contribution is 2.14. The molecule has 0 aliphatic carbocycles. The minimum Gasteiger partial charge on any atom is -0.449 e. The van der Waals surface area contributed by atoms with Crippen molar-refractivity contribution in [1.82, 2.24) is 10.0 Å². The van der Waals surface area contributed by atoms with E-state index in [1.54, 1.807) is 0 Å². The summed E-state index contributed by atoms with van der Waals surface area (Å²) in [6.07, 6.45) is 22.9. The van der Waals surface area contributed by atoms with Crippen LogP contribution in [0.5, 0.6) is 0 Å². The zero-order chi connectivity index (χ0) is 32.4. The van der Waals surface area contributed by atoms with Crippen LogP contribution >= 0.6 is 0 Å². The molecule has 8 nitrogen and oxygen atoms in total. The summed E-state index contributed by atoms with van der Waals surface area (Å²) < 4.78 is 35.1. The molecule has 1 atom stereocenters. The van der Waals surface area contributed by atoms with Crippen molar-refractivity contribution in [3.63, 3.8) is 0 Å². The third-order valence-corrected chi connectivity index (χ3v) is 9.75. The molecule has 0 aliphatic heterocycles. The lowest BCUT2D eigenvalue weighted by Crippen LogP contribution is -2.37. The Kier molecular flexibility index (Phi) is 21.0. The second kappa shape index (κ2) is 24.5. The van der Waals surface area contributed by atoms with E-state index in [4.69, 9.17) is 10.00 Å². The number of fused-ring (bicyclic) bond motifs is 1. The van der Waals surface area contributed by atoms with Crippen molar-refractivity contribution >= 4 is 27.0 Å². The van der Waals surface area contributed by atoms with Gasteiger partial charge in [0.1, 0.15) is 6.54 Å². The van der Waals surface area contributed by atoms with Gasteiger partial charge in [-0.25, -0.2) is 17.9 Å². The third kappa shape index (κ3) is 18.8. The summed E-state index contributed by atoms with van der Waals surface area (Å²) >= 11 is 0. The summed E-state index contributed by atoms with van der Waals surface area (Å²) in [7, 11) is -3.53. The van der Waals surface area contributed by atoms with Crippen LogP contribution in [0.25, 0.3) is 10.9 Å². The highest BCUT2D eigenvalue weighted by molar-refractivity contribution is 7.89. The molecule has 0 spiro atoms. The van der Waals surface area contributed by atoms with Crippen LogP contribution in [0.2, 0.25) is 0 Å². The van der Waals surface area contributed by atoms with Gasteiger partial charge in [-0.15, -0.1) is 0 Å². The molecule has 0 radical (unpaired) electrons. The standard InChI is InChI=1S/C36H58N4O4S/c1-2-3-4-5-6-7-8-9-10-11-12-13-14-15-16-19-27-38-36(41)44-32-33(25-26-37)31-39-45(42,43)30-21-29-40-28-20-23-34-22-17-18-24-35(34)40/h17-18,20,22-24,28,33,39H,2-16,19,21,25,27,29-32H2,1H3/p+1. The summed E-state index contributed by atoms with van der Waals surface area (Å²) in [5, 5.41) is 13.0. The topological polar surface area (TPSA) is 112 Å². The van der Waals surface area contributed by atoms with E-state index >= 15 is 0 Å². The Labute approximate surface area is 273 Å².